The second-order valence-corrected chi connectivity index (χ2v) is 6.10. The molecule has 116 valence electrons. The lowest BCUT2D eigenvalue weighted by atomic mass is 10.2. The van der Waals surface area contributed by atoms with Crippen molar-refractivity contribution < 1.29 is 9.53 Å². The van der Waals surface area contributed by atoms with E-state index in [1.54, 1.807) is 6.07 Å². The first-order valence-corrected chi connectivity index (χ1v) is 7.82. The van der Waals surface area contributed by atoms with Crippen LogP contribution in [0.15, 0.2) is 40.9 Å². The highest BCUT2D eigenvalue weighted by Gasteiger charge is 2.05. The van der Waals surface area contributed by atoms with Crippen LogP contribution in [0.5, 0.6) is 5.75 Å². The molecule has 0 aliphatic heterocycles. The average Bonchev–Trinajstić information content (AvgIpc) is 2.47. The van der Waals surface area contributed by atoms with Crippen molar-refractivity contribution in [3.8, 4) is 5.75 Å². The van der Waals surface area contributed by atoms with Crippen molar-refractivity contribution in [3.63, 3.8) is 0 Å². The second-order valence-electron chi connectivity index (χ2n) is 4.84. The molecule has 0 bridgehead atoms. The van der Waals surface area contributed by atoms with Crippen LogP contribution in [0.1, 0.15) is 11.1 Å². The van der Waals surface area contributed by atoms with E-state index in [9.17, 15) is 4.79 Å². The summed E-state index contributed by atoms with van der Waals surface area (Å²) in [6.45, 7) is 2.47. The Labute approximate surface area is 142 Å². The number of anilines is 1. The van der Waals surface area contributed by atoms with Crippen LogP contribution in [-0.2, 0) is 11.3 Å². The van der Waals surface area contributed by atoms with Crippen molar-refractivity contribution in [2.75, 3.05) is 11.9 Å². The number of carbonyl (C=O) groups excluding carboxylic acids is 1. The van der Waals surface area contributed by atoms with Gasteiger partial charge in [0.15, 0.2) is 6.61 Å². The van der Waals surface area contributed by atoms with Gasteiger partial charge in [-0.3, -0.25) is 4.79 Å². The van der Waals surface area contributed by atoms with E-state index in [2.05, 4.69) is 21.2 Å². The maximum atomic E-state index is 10.7. The van der Waals surface area contributed by atoms with Crippen molar-refractivity contribution in [2.24, 2.45) is 5.73 Å². The van der Waals surface area contributed by atoms with E-state index in [-0.39, 0.29) is 6.61 Å². The van der Waals surface area contributed by atoms with E-state index in [1.807, 2.05) is 37.3 Å². The first-order valence-electron chi connectivity index (χ1n) is 6.65. The SMILES string of the molecule is Cc1ccc(NCc2ccc(OCC(N)=O)c(Br)c2)cc1Cl. The van der Waals surface area contributed by atoms with Crippen LogP contribution in [0.2, 0.25) is 5.02 Å². The van der Waals surface area contributed by atoms with Crippen LogP contribution in [0.3, 0.4) is 0 Å². The Morgan fingerprint density at radius 1 is 1.32 bits per heavy atom. The van der Waals surface area contributed by atoms with Gasteiger partial charge in [0, 0.05) is 17.3 Å². The molecule has 6 heteroatoms. The number of primary amides is 1. The summed E-state index contributed by atoms with van der Waals surface area (Å²) >= 11 is 9.52. The lowest BCUT2D eigenvalue weighted by molar-refractivity contribution is -0.119. The number of halogens is 2. The van der Waals surface area contributed by atoms with Crippen LogP contribution in [0, 0.1) is 6.92 Å². The number of rotatable bonds is 6. The molecule has 0 saturated carbocycles. The smallest absolute Gasteiger partial charge is 0.255 e. The Hall–Kier alpha value is -1.72. The van der Waals surface area contributed by atoms with E-state index in [4.69, 9.17) is 22.1 Å². The van der Waals surface area contributed by atoms with Gasteiger partial charge in [0.05, 0.1) is 4.47 Å². The molecule has 0 radical (unpaired) electrons. The molecule has 0 spiro atoms. The Kier molecular flexibility index (Phi) is 5.69. The summed E-state index contributed by atoms with van der Waals surface area (Å²) < 4.78 is 6.06. The summed E-state index contributed by atoms with van der Waals surface area (Å²) in [7, 11) is 0. The Morgan fingerprint density at radius 2 is 2.09 bits per heavy atom. The van der Waals surface area contributed by atoms with Gasteiger partial charge in [-0.1, -0.05) is 23.7 Å². The van der Waals surface area contributed by atoms with Gasteiger partial charge in [-0.05, 0) is 58.2 Å². The summed E-state index contributed by atoms with van der Waals surface area (Å²) in [6.07, 6.45) is 0. The Morgan fingerprint density at radius 3 is 2.73 bits per heavy atom. The number of ether oxygens (including phenoxy) is 1. The molecular weight excluding hydrogens is 368 g/mol. The molecule has 0 unspecified atom stereocenters. The molecule has 0 aliphatic rings. The van der Waals surface area contributed by atoms with Crippen molar-refractivity contribution in [3.05, 3.63) is 57.0 Å². The van der Waals surface area contributed by atoms with E-state index in [0.717, 1.165) is 26.3 Å². The first kappa shape index (κ1) is 16.6. The number of carbonyl (C=O) groups is 1. The number of benzene rings is 2. The van der Waals surface area contributed by atoms with Gasteiger partial charge in [0.25, 0.3) is 5.91 Å². The molecule has 1 amide bonds. The maximum absolute atomic E-state index is 10.7. The zero-order valence-corrected chi connectivity index (χ0v) is 14.4. The second kappa shape index (κ2) is 7.51. The van der Waals surface area contributed by atoms with Gasteiger partial charge in [0.1, 0.15) is 5.75 Å². The fourth-order valence-electron chi connectivity index (χ4n) is 1.83. The minimum atomic E-state index is -0.506. The first-order chi connectivity index (χ1) is 10.5. The molecule has 22 heavy (non-hydrogen) atoms. The normalized spacial score (nSPS) is 10.3. The summed E-state index contributed by atoms with van der Waals surface area (Å²) in [5, 5.41) is 4.04. The average molecular weight is 384 g/mol. The van der Waals surface area contributed by atoms with Gasteiger partial charge >= 0.3 is 0 Å². The third-order valence-corrected chi connectivity index (χ3v) is 4.06. The van der Waals surface area contributed by atoms with E-state index in [1.165, 1.54) is 0 Å². The quantitative estimate of drug-likeness (QED) is 0.795. The molecule has 0 aliphatic carbocycles. The van der Waals surface area contributed by atoms with Crippen LogP contribution < -0.4 is 15.8 Å². The minimum Gasteiger partial charge on any atom is -0.483 e. The van der Waals surface area contributed by atoms with Crippen LogP contribution in [0.25, 0.3) is 0 Å². The zero-order chi connectivity index (χ0) is 16.1. The number of hydrogen-bond acceptors (Lipinski definition) is 3. The van der Waals surface area contributed by atoms with Gasteiger partial charge < -0.3 is 15.8 Å². The molecule has 0 saturated heterocycles. The third kappa shape index (κ3) is 4.64. The molecule has 0 aromatic heterocycles. The van der Waals surface area contributed by atoms with Crippen molar-refractivity contribution in [1.29, 1.82) is 0 Å². The van der Waals surface area contributed by atoms with Gasteiger partial charge in [-0.15, -0.1) is 0 Å². The predicted molar refractivity (Wildman–Crippen MR) is 92.3 cm³/mol. The fraction of sp³-hybridized carbons (Fsp3) is 0.188. The van der Waals surface area contributed by atoms with Crippen LogP contribution in [0.4, 0.5) is 5.69 Å². The summed E-state index contributed by atoms with van der Waals surface area (Å²) in [4.78, 5) is 10.7. The van der Waals surface area contributed by atoms with Crippen LogP contribution >= 0.6 is 27.5 Å². The molecule has 2 rings (SSSR count). The fourth-order valence-corrected chi connectivity index (χ4v) is 2.55. The summed E-state index contributed by atoms with van der Waals surface area (Å²) in [5.41, 5.74) is 8.13. The molecule has 0 atom stereocenters. The molecule has 0 heterocycles. The predicted octanol–water partition coefficient (Wildman–Crippen LogP) is 3.89. The van der Waals surface area contributed by atoms with Crippen molar-refractivity contribution in [1.82, 2.24) is 0 Å². The molecular formula is C16H16BrClN2O2. The summed E-state index contributed by atoms with van der Waals surface area (Å²) in [5.74, 6) is 0.0785. The van der Waals surface area contributed by atoms with Crippen molar-refractivity contribution in [2.45, 2.75) is 13.5 Å². The highest BCUT2D eigenvalue weighted by Crippen LogP contribution is 2.27. The standard InChI is InChI=1S/C16H16BrClN2O2/c1-10-2-4-12(7-14(10)18)20-8-11-3-5-15(13(17)6-11)22-9-16(19)21/h2-7,20H,8-9H2,1H3,(H2,19,21). The van der Waals surface area contributed by atoms with Gasteiger partial charge in [-0.2, -0.15) is 0 Å². The Balaban J connectivity index is 1.99. The van der Waals surface area contributed by atoms with E-state index in [0.29, 0.717) is 12.3 Å². The topological polar surface area (TPSA) is 64.3 Å². The Bertz CT molecular complexity index is 692. The van der Waals surface area contributed by atoms with E-state index >= 15 is 0 Å². The minimum absolute atomic E-state index is 0.141. The van der Waals surface area contributed by atoms with Gasteiger partial charge in [-0.25, -0.2) is 0 Å². The number of aryl methyl sites for hydroxylation is 1. The molecule has 4 nitrogen and oxygen atoms in total. The molecule has 3 N–H and O–H groups in total. The van der Waals surface area contributed by atoms with E-state index < -0.39 is 5.91 Å². The number of amides is 1. The molecule has 2 aromatic rings. The third-order valence-electron chi connectivity index (χ3n) is 3.03. The summed E-state index contributed by atoms with van der Waals surface area (Å²) in [6, 6.07) is 11.5. The van der Waals surface area contributed by atoms with Crippen LogP contribution in [-0.4, -0.2) is 12.5 Å². The maximum Gasteiger partial charge on any atom is 0.255 e. The number of hydrogen-bond donors (Lipinski definition) is 2. The van der Waals surface area contributed by atoms with Crippen molar-refractivity contribution >= 4 is 39.1 Å². The number of nitrogens with one attached hydrogen (secondary N) is 1. The largest absolute Gasteiger partial charge is 0.483 e. The lowest BCUT2D eigenvalue weighted by Gasteiger charge is -2.11. The van der Waals surface area contributed by atoms with Gasteiger partial charge in [0.2, 0.25) is 0 Å². The highest BCUT2D eigenvalue weighted by atomic mass is 79.9. The zero-order valence-electron chi connectivity index (χ0n) is 12.0. The number of nitrogens with two attached hydrogens (primary N) is 1. The molecule has 2 aromatic carbocycles. The lowest BCUT2D eigenvalue weighted by Crippen LogP contribution is -2.20. The highest BCUT2D eigenvalue weighted by molar-refractivity contribution is 9.10. The molecule has 0 fully saturated rings. The monoisotopic (exact) mass is 382 g/mol.